The van der Waals surface area contributed by atoms with Crippen LogP contribution in [0.3, 0.4) is 0 Å². The SMILES string of the molecule is COc1ccc(C(=N)N2CCC(Oc3ccc(S(=O)(=O)N(C)c4ccc5c(c4)CN(C(=N)N)CC5)cc3)CC2)cc1. The zero-order valence-corrected chi connectivity index (χ0v) is 24.2. The third-order valence-corrected chi connectivity index (χ3v) is 9.61. The molecule has 5 rings (SSSR count). The molecule has 2 aliphatic rings. The largest absolute Gasteiger partial charge is 0.497 e. The summed E-state index contributed by atoms with van der Waals surface area (Å²) in [4.78, 5) is 4.00. The minimum absolute atomic E-state index is 0.00916. The Hall–Kier alpha value is -4.25. The van der Waals surface area contributed by atoms with Crippen molar-refractivity contribution in [1.29, 1.82) is 10.8 Å². The second-order valence-corrected chi connectivity index (χ2v) is 12.3. The summed E-state index contributed by atoms with van der Waals surface area (Å²) in [6.45, 7) is 2.58. The number of fused-ring (bicyclic) bond motifs is 1. The summed E-state index contributed by atoms with van der Waals surface area (Å²) in [7, 11) is -0.618. The van der Waals surface area contributed by atoms with Crippen LogP contribution >= 0.6 is 0 Å². The van der Waals surface area contributed by atoms with Gasteiger partial charge in [-0.1, -0.05) is 6.07 Å². The maximum Gasteiger partial charge on any atom is 0.264 e. The lowest BCUT2D eigenvalue weighted by molar-refractivity contribution is 0.131. The number of likely N-dealkylation sites (tertiary alicyclic amines) is 1. The van der Waals surface area contributed by atoms with E-state index >= 15 is 0 Å². The highest BCUT2D eigenvalue weighted by Gasteiger charge is 2.26. The number of piperidine rings is 1. The molecule has 41 heavy (non-hydrogen) atoms. The first-order valence-corrected chi connectivity index (χ1v) is 15.0. The average molecular weight is 577 g/mol. The molecule has 4 N–H and O–H groups in total. The van der Waals surface area contributed by atoms with E-state index in [0.717, 1.165) is 41.7 Å². The lowest BCUT2D eigenvalue weighted by Crippen LogP contribution is -2.41. The van der Waals surface area contributed by atoms with E-state index in [2.05, 4.69) is 0 Å². The Kier molecular flexibility index (Phi) is 8.07. The zero-order chi connectivity index (χ0) is 29.1. The standard InChI is InChI=1S/C30H36N6O4S/c1-34(24-6-3-21-13-16-36(30(32)33)20-23(21)19-24)41(37,38)28-11-9-26(10-12-28)40-27-14-17-35(18-15-27)29(31)22-4-7-25(39-2)8-5-22/h3-12,19,27,31H,13-18,20H2,1-2H3,(H3,32,33). The number of hydrogen-bond acceptors (Lipinski definition) is 6. The number of ether oxygens (including phenoxy) is 2. The van der Waals surface area contributed by atoms with Gasteiger partial charge in [0.2, 0.25) is 0 Å². The molecule has 3 aromatic rings. The summed E-state index contributed by atoms with van der Waals surface area (Å²) in [5.41, 5.74) is 9.18. The van der Waals surface area contributed by atoms with Crippen LogP contribution in [-0.2, 0) is 23.0 Å². The Bertz CT molecular complexity index is 1520. The van der Waals surface area contributed by atoms with Gasteiger partial charge in [-0.15, -0.1) is 0 Å². The summed E-state index contributed by atoms with van der Waals surface area (Å²) < 4.78 is 39.5. The van der Waals surface area contributed by atoms with E-state index in [-0.39, 0.29) is 17.0 Å². The fraction of sp³-hybridized carbons (Fsp3) is 0.333. The van der Waals surface area contributed by atoms with E-state index < -0.39 is 10.0 Å². The average Bonchev–Trinajstić information content (AvgIpc) is 3.00. The van der Waals surface area contributed by atoms with Gasteiger partial charge in [-0.25, -0.2) is 8.42 Å². The van der Waals surface area contributed by atoms with Crippen molar-refractivity contribution in [1.82, 2.24) is 9.80 Å². The zero-order valence-electron chi connectivity index (χ0n) is 23.3. The summed E-state index contributed by atoms with van der Waals surface area (Å²) in [6, 6.07) is 19.7. The summed E-state index contributed by atoms with van der Waals surface area (Å²) in [6.07, 6.45) is 2.28. The molecule has 0 atom stereocenters. The summed E-state index contributed by atoms with van der Waals surface area (Å²) in [5, 5.41) is 16.3. The number of sulfonamides is 1. The molecule has 1 saturated heterocycles. The van der Waals surface area contributed by atoms with Gasteiger partial charge in [0, 0.05) is 51.6 Å². The highest BCUT2D eigenvalue weighted by atomic mass is 32.2. The second-order valence-electron chi connectivity index (χ2n) is 10.3. The lowest BCUT2D eigenvalue weighted by Gasteiger charge is -2.34. The fourth-order valence-corrected chi connectivity index (χ4v) is 6.44. The van der Waals surface area contributed by atoms with Crippen LogP contribution in [0.15, 0.2) is 71.6 Å². The van der Waals surface area contributed by atoms with Gasteiger partial charge in [-0.3, -0.25) is 15.1 Å². The monoisotopic (exact) mass is 576 g/mol. The van der Waals surface area contributed by atoms with Gasteiger partial charge in [-0.2, -0.15) is 0 Å². The molecule has 1 fully saturated rings. The van der Waals surface area contributed by atoms with Crippen molar-refractivity contribution in [3.05, 3.63) is 83.4 Å². The number of methoxy groups -OCH3 is 1. The minimum Gasteiger partial charge on any atom is -0.497 e. The Labute approximate surface area is 241 Å². The molecule has 2 heterocycles. The van der Waals surface area contributed by atoms with Crippen LogP contribution in [0.4, 0.5) is 5.69 Å². The first-order valence-electron chi connectivity index (χ1n) is 13.6. The number of guanidine groups is 1. The van der Waals surface area contributed by atoms with Gasteiger partial charge in [0.15, 0.2) is 5.96 Å². The predicted molar refractivity (Wildman–Crippen MR) is 160 cm³/mol. The molecule has 0 aliphatic carbocycles. The van der Waals surface area contributed by atoms with Crippen molar-refractivity contribution in [3.63, 3.8) is 0 Å². The van der Waals surface area contributed by atoms with Crippen molar-refractivity contribution in [2.24, 2.45) is 5.73 Å². The third-order valence-electron chi connectivity index (χ3n) is 7.81. The van der Waals surface area contributed by atoms with Crippen LogP contribution in [0, 0.1) is 10.8 Å². The molecule has 0 amide bonds. The van der Waals surface area contributed by atoms with E-state index in [1.807, 2.05) is 47.4 Å². The number of nitrogens with one attached hydrogen (secondary N) is 2. The number of nitrogens with zero attached hydrogens (tertiary/aromatic N) is 3. The van der Waals surface area contributed by atoms with E-state index in [4.69, 9.17) is 26.0 Å². The molecule has 10 nitrogen and oxygen atoms in total. The van der Waals surface area contributed by atoms with E-state index in [1.165, 1.54) is 4.31 Å². The van der Waals surface area contributed by atoms with Crippen molar-refractivity contribution < 1.29 is 17.9 Å². The van der Waals surface area contributed by atoms with E-state index in [0.29, 0.717) is 43.5 Å². The molecular formula is C30H36N6O4S. The molecule has 0 unspecified atom stereocenters. The Morgan fingerprint density at radius 2 is 1.56 bits per heavy atom. The van der Waals surface area contributed by atoms with E-state index in [9.17, 15) is 8.42 Å². The number of benzene rings is 3. The maximum atomic E-state index is 13.4. The van der Waals surface area contributed by atoms with Gasteiger partial charge in [0.1, 0.15) is 23.4 Å². The van der Waals surface area contributed by atoms with Gasteiger partial charge in [0.05, 0.1) is 17.7 Å². The van der Waals surface area contributed by atoms with Gasteiger partial charge in [-0.05, 0) is 78.2 Å². The number of anilines is 1. The van der Waals surface area contributed by atoms with Gasteiger partial charge < -0.3 is 25.0 Å². The first-order chi connectivity index (χ1) is 19.7. The molecule has 0 bridgehead atoms. The van der Waals surface area contributed by atoms with Crippen LogP contribution < -0.4 is 19.5 Å². The second kappa shape index (κ2) is 11.7. The Morgan fingerprint density at radius 3 is 2.20 bits per heavy atom. The molecule has 0 radical (unpaired) electrons. The van der Waals surface area contributed by atoms with Crippen LogP contribution in [-0.4, -0.2) is 69.9 Å². The molecule has 0 spiro atoms. The number of rotatable bonds is 7. The number of nitrogens with two attached hydrogens (primary N) is 1. The normalized spacial score (nSPS) is 15.7. The highest BCUT2D eigenvalue weighted by molar-refractivity contribution is 7.92. The highest BCUT2D eigenvalue weighted by Crippen LogP contribution is 2.29. The maximum absolute atomic E-state index is 13.4. The topological polar surface area (TPSA) is 136 Å². The number of hydrogen-bond donors (Lipinski definition) is 3. The fourth-order valence-electron chi connectivity index (χ4n) is 5.25. The molecule has 2 aliphatic heterocycles. The quantitative estimate of drug-likeness (QED) is 0.289. The van der Waals surface area contributed by atoms with E-state index in [1.54, 1.807) is 43.3 Å². The predicted octanol–water partition coefficient (Wildman–Crippen LogP) is 3.64. The summed E-state index contributed by atoms with van der Waals surface area (Å²) >= 11 is 0. The summed E-state index contributed by atoms with van der Waals surface area (Å²) in [5.74, 6) is 1.89. The van der Waals surface area contributed by atoms with Crippen LogP contribution in [0.5, 0.6) is 11.5 Å². The van der Waals surface area contributed by atoms with Crippen molar-refractivity contribution in [2.45, 2.75) is 36.8 Å². The van der Waals surface area contributed by atoms with Gasteiger partial charge >= 0.3 is 0 Å². The molecule has 0 aromatic heterocycles. The smallest absolute Gasteiger partial charge is 0.264 e. The molecule has 0 saturated carbocycles. The third kappa shape index (κ3) is 6.09. The molecular weight excluding hydrogens is 540 g/mol. The van der Waals surface area contributed by atoms with Crippen molar-refractivity contribution in [2.75, 3.05) is 38.1 Å². The Morgan fingerprint density at radius 1 is 0.902 bits per heavy atom. The minimum atomic E-state index is -3.79. The van der Waals surface area contributed by atoms with Crippen LogP contribution in [0.1, 0.15) is 29.5 Å². The molecule has 216 valence electrons. The van der Waals surface area contributed by atoms with Crippen molar-refractivity contribution >= 4 is 27.5 Å². The lowest BCUT2D eigenvalue weighted by atomic mass is 9.99. The Balaban J connectivity index is 1.19. The van der Waals surface area contributed by atoms with Crippen LogP contribution in [0.2, 0.25) is 0 Å². The number of amidine groups is 1. The van der Waals surface area contributed by atoms with Crippen LogP contribution in [0.25, 0.3) is 0 Å². The first kappa shape index (κ1) is 28.3. The molecule has 11 heteroatoms. The van der Waals surface area contributed by atoms with Crippen molar-refractivity contribution in [3.8, 4) is 11.5 Å². The van der Waals surface area contributed by atoms with Gasteiger partial charge in [0.25, 0.3) is 10.0 Å². The molecule has 3 aromatic carbocycles.